The molecule has 0 amide bonds. The van der Waals surface area contributed by atoms with Crippen molar-refractivity contribution in [2.24, 2.45) is 5.10 Å². The molecule has 11 heteroatoms. The molecule has 0 spiro atoms. The van der Waals surface area contributed by atoms with E-state index in [-0.39, 0.29) is 17.1 Å². The Morgan fingerprint density at radius 3 is 2.66 bits per heavy atom. The lowest BCUT2D eigenvalue weighted by molar-refractivity contribution is -0.384. The fourth-order valence-corrected chi connectivity index (χ4v) is 5.07. The van der Waals surface area contributed by atoms with Crippen molar-refractivity contribution in [3.05, 3.63) is 115 Å². The first kappa shape index (κ1) is 26.0. The Kier molecular flexibility index (Phi) is 6.39. The highest BCUT2D eigenvalue weighted by molar-refractivity contribution is 6.31. The molecule has 3 aromatic heterocycles. The molecule has 6 aromatic rings. The minimum Gasteiger partial charge on any atom is -0.494 e. The summed E-state index contributed by atoms with van der Waals surface area (Å²) in [6, 6.07) is 20.4. The van der Waals surface area contributed by atoms with Crippen LogP contribution in [0.15, 0.2) is 87.1 Å². The SMILES string of the molecule is COc1cc([N+](=O)[O-])ccc1-n1c(C)cc(C=Nn2c(-c3cc4cc(Cl)ccc4o3)nc3ccccc3c2=O)c1C. The van der Waals surface area contributed by atoms with Gasteiger partial charge in [0.1, 0.15) is 11.3 Å². The lowest BCUT2D eigenvalue weighted by Crippen LogP contribution is -2.20. The van der Waals surface area contributed by atoms with Crippen molar-refractivity contribution in [2.45, 2.75) is 13.8 Å². The van der Waals surface area contributed by atoms with Crippen LogP contribution in [0.5, 0.6) is 5.75 Å². The number of ether oxygens (including phenoxy) is 1. The van der Waals surface area contributed by atoms with E-state index in [0.717, 1.165) is 22.3 Å². The van der Waals surface area contributed by atoms with Crippen LogP contribution in [0.1, 0.15) is 17.0 Å². The van der Waals surface area contributed by atoms with Gasteiger partial charge in [-0.25, -0.2) is 4.98 Å². The average Bonchev–Trinajstić information content (AvgIpc) is 3.51. The third-order valence-corrected chi connectivity index (χ3v) is 7.09. The number of nitrogens with zero attached hydrogens (tertiary/aromatic N) is 5. The zero-order valence-corrected chi connectivity index (χ0v) is 22.9. The highest BCUT2D eigenvalue weighted by Gasteiger charge is 2.19. The zero-order valence-electron chi connectivity index (χ0n) is 22.2. The van der Waals surface area contributed by atoms with Crippen LogP contribution in [0.3, 0.4) is 0 Å². The molecule has 0 aliphatic carbocycles. The number of methoxy groups -OCH3 is 1. The predicted octanol–water partition coefficient (Wildman–Crippen LogP) is 6.67. The summed E-state index contributed by atoms with van der Waals surface area (Å²) < 4.78 is 14.6. The standard InChI is InChI=1S/C30H22ClN5O5/c1-17-12-20(18(2)34(17)25-10-9-22(36(38)39)15-27(25)40-3)16-32-35-29(33-24-7-5-4-6-23(24)30(35)37)28-14-19-13-21(31)8-11-26(19)41-28/h4-16H,1-3H3. The first-order valence-corrected chi connectivity index (χ1v) is 12.9. The molecule has 0 atom stereocenters. The molecule has 3 heterocycles. The molecular weight excluding hydrogens is 546 g/mol. The summed E-state index contributed by atoms with van der Waals surface area (Å²) in [7, 11) is 1.46. The van der Waals surface area contributed by atoms with E-state index in [1.54, 1.807) is 54.7 Å². The normalized spacial score (nSPS) is 11.6. The minimum atomic E-state index is -0.469. The van der Waals surface area contributed by atoms with Crippen molar-refractivity contribution in [2.75, 3.05) is 7.11 Å². The van der Waals surface area contributed by atoms with Gasteiger partial charge in [0.25, 0.3) is 11.2 Å². The molecule has 41 heavy (non-hydrogen) atoms. The van der Waals surface area contributed by atoms with Gasteiger partial charge in [-0.1, -0.05) is 23.7 Å². The van der Waals surface area contributed by atoms with Gasteiger partial charge < -0.3 is 13.7 Å². The number of furan rings is 1. The van der Waals surface area contributed by atoms with Crippen molar-refractivity contribution < 1.29 is 14.1 Å². The maximum absolute atomic E-state index is 13.6. The van der Waals surface area contributed by atoms with E-state index >= 15 is 0 Å². The number of rotatable bonds is 6. The second-order valence-electron chi connectivity index (χ2n) is 9.38. The Bertz CT molecular complexity index is 2090. The van der Waals surface area contributed by atoms with Crippen molar-refractivity contribution >= 4 is 45.4 Å². The quantitative estimate of drug-likeness (QED) is 0.126. The van der Waals surface area contributed by atoms with Gasteiger partial charge >= 0.3 is 0 Å². The van der Waals surface area contributed by atoms with Crippen molar-refractivity contribution in [1.29, 1.82) is 0 Å². The van der Waals surface area contributed by atoms with E-state index in [0.29, 0.717) is 38.7 Å². The topological polar surface area (TPSA) is 118 Å². The van der Waals surface area contributed by atoms with Gasteiger partial charge in [-0.2, -0.15) is 9.78 Å². The summed E-state index contributed by atoms with van der Waals surface area (Å²) in [5.41, 5.74) is 3.69. The van der Waals surface area contributed by atoms with E-state index < -0.39 is 4.92 Å². The van der Waals surface area contributed by atoms with Gasteiger partial charge in [0.15, 0.2) is 5.76 Å². The molecule has 0 saturated heterocycles. The van der Waals surface area contributed by atoms with Gasteiger partial charge in [0, 0.05) is 33.4 Å². The molecule has 0 bridgehead atoms. The number of para-hydroxylation sites is 1. The van der Waals surface area contributed by atoms with E-state index in [4.69, 9.17) is 25.7 Å². The highest BCUT2D eigenvalue weighted by atomic mass is 35.5. The molecule has 0 aliphatic rings. The zero-order chi connectivity index (χ0) is 28.8. The number of aromatic nitrogens is 3. The van der Waals surface area contributed by atoms with Crippen LogP contribution in [-0.4, -0.2) is 32.5 Å². The van der Waals surface area contributed by atoms with E-state index in [2.05, 4.69) is 5.10 Å². The van der Waals surface area contributed by atoms with Crippen molar-refractivity contribution in [3.8, 4) is 23.0 Å². The monoisotopic (exact) mass is 567 g/mol. The molecule has 0 radical (unpaired) electrons. The number of aryl methyl sites for hydroxylation is 1. The summed E-state index contributed by atoms with van der Waals surface area (Å²) in [5, 5.41) is 17.6. The second-order valence-corrected chi connectivity index (χ2v) is 9.82. The van der Waals surface area contributed by atoms with Gasteiger partial charge in [0.05, 0.1) is 40.9 Å². The van der Waals surface area contributed by atoms with Crippen LogP contribution in [0, 0.1) is 24.0 Å². The van der Waals surface area contributed by atoms with E-state index in [9.17, 15) is 14.9 Å². The van der Waals surface area contributed by atoms with Crippen molar-refractivity contribution in [1.82, 2.24) is 14.2 Å². The van der Waals surface area contributed by atoms with Crippen LogP contribution < -0.4 is 10.3 Å². The van der Waals surface area contributed by atoms with Gasteiger partial charge in [-0.05, 0) is 62.4 Å². The first-order valence-electron chi connectivity index (χ1n) is 12.5. The summed E-state index contributed by atoms with van der Waals surface area (Å²) in [4.78, 5) is 29.1. The molecule has 3 aromatic carbocycles. The Balaban J connectivity index is 1.49. The van der Waals surface area contributed by atoms with Crippen LogP contribution in [0.25, 0.3) is 39.1 Å². The average molecular weight is 568 g/mol. The molecule has 0 saturated carbocycles. The number of benzene rings is 3. The molecular formula is C30H22ClN5O5. The van der Waals surface area contributed by atoms with Crippen LogP contribution in [0.4, 0.5) is 5.69 Å². The smallest absolute Gasteiger partial charge is 0.282 e. The van der Waals surface area contributed by atoms with Crippen LogP contribution >= 0.6 is 11.6 Å². The number of fused-ring (bicyclic) bond motifs is 2. The molecule has 0 N–H and O–H groups in total. The second kappa shape index (κ2) is 10.1. The van der Waals surface area contributed by atoms with Gasteiger partial charge in [-0.15, -0.1) is 0 Å². The minimum absolute atomic E-state index is 0.0709. The maximum atomic E-state index is 13.6. The third kappa shape index (κ3) is 4.53. The van der Waals surface area contributed by atoms with Crippen LogP contribution in [-0.2, 0) is 0 Å². The number of halogens is 1. The highest BCUT2D eigenvalue weighted by Crippen LogP contribution is 2.32. The molecule has 0 unspecified atom stereocenters. The molecule has 6 rings (SSSR count). The summed E-state index contributed by atoms with van der Waals surface area (Å²) >= 11 is 6.16. The number of hydrogen-bond donors (Lipinski definition) is 0. The van der Waals surface area contributed by atoms with Gasteiger partial charge in [-0.3, -0.25) is 14.9 Å². The lowest BCUT2D eigenvalue weighted by atomic mass is 10.2. The number of hydrogen-bond acceptors (Lipinski definition) is 7. The van der Waals surface area contributed by atoms with Gasteiger partial charge in [0.2, 0.25) is 5.82 Å². The van der Waals surface area contributed by atoms with E-state index in [1.165, 1.54) is 23.9 Å². The fourth-order valence-electron chi connectivity index (χ4n) is 4.89. The maximum Gasteiger partial charge on any atom is 0.282 e. The third-order valence-electron chi connectivity index (χ3n) is 6.85. The predicted molar refractivity (Wildman–Crippen MR) is 158 cm³/mol. The first-order chi connectivity index (χ1) is 19.7. The Hall–Kier alpha value is -5.22. The fraction of sp³-hybridized carbons (Fsp3) is 0.100. The van der Waals surface area contributed by atoms with Crippen LogP contribution in [0.2, 0.25) is 5.02 Å². The Labute approximate surface area is 237 Å². The summed E-state index contributed by atoms with van der Waals surface area (Å²) in [6.07, 6.45) is 1.58. The molecule has 10 nitrogen and oxygen atoms in total. The van der Waals surface area contributed by atoms with E-state index in [1.807, 2.05) is 30.5 Å². The number of non-ortho nitro benzene ring substituents is 1. The Morgan fingerprint density at radius 1 is 1.07 bits per heavy atom. The largest absolute Gasteiger partial charge is 0.494 e. The molecule has 0 fully saturated rings. The number of nitro groups is 1. The Morgan fingerprint density at radius 2 is 1.88 bits per heavy atom. The summed E-state index contributed by atoms with van der Waals surface area (Å²) in [5.74, 6) is 0.957. The molecule has 0 aliphatic heterocycles. The van der Waals surface area contributed by atoms with Crippen molar-refractivity contribution in [3.63, 3.8) is 0 Å². The number of nitro benzene ring substituents is 1. The lowest BCUT2D eigenvalue weighted by Gasteiger charge is -2.13. The summed E-state index contributed by atoms with van der Waals surface area (Å²) in [6.45, 7) is 3.79. The molecule has 204 valence electrons.